The van der Waals surface area contributed by atoms with Crippen molar-refractivity contribution in [1.29, 1.82) is 0 Å². The monoisotopic (exact) mass is 849 g/mol. The van der Waals surface area contributed by atoms with Crippen molar-refractivity contribution in [1.82, 2.24) is 0 Å². The molecule has 2 atom stereocenters. The van der Waals surface area contributed by atoms with Crippen molar-refractivity contribution < 1.29 is 29.4 Å². The number of carboxylic acid groups (broad SMARTS) is 2. The molecule has 2 aliphatic carbocycles. The van der Waals surface area contributed by atoms with Gasteiger partial charge >= 0.3 is 11.9 Å². The summed E-state index contributed by atoms with van der Waals surface area (Å²) in [6.45, 7) is 4.03. The smallest absolute Gasteiger partial charge is 0.336 e. The molecule has 1 fully saturated rings. The normalized spacial score (nSPS) is 16.3. The van der Waals surface area contributed by atoms with Crippen LogP contribution in [0.1, 0.15) is 105 Å². The summed E-state index contributed by atoms with van der Waals surface area (Å²) in [5, 5.41) is 19.2. The second-order valence-electron chi connectivity index (χ2n) is 16.2. The highest BCUT2D eigenvalue weighted by Crippen LogP contribution is 2.54. The van der Waals surface area contributed by atoms with Crippen LogP contribution in [0.2, 0.25) is 0 Å². The van der Waals surface area contributed by atoms with Crippen molar-refractivity contribution in [3.05, 3.63) is 193 Å². The number of aryl methyl sites for hydroxylation is 2. The van der Waals surface area contributed by atoms with Crippen molar-refractivity contribution >= 4 is 75.3 Å². The molecule has 3 heterocycles. The number of aromatic carboxylic acids is 2. The van der Waals surface area contributed by atoms with E-state index in [1.54, 1.807) is 17.4 Å². The zero-order valence-corrected chi connectivity index (χ0v) is 35.5. The minimum Gasteiger partial charge on any atom is -0.478 e. The van der Waals surface area contributed by atoms with Gasteiger partial charge in [-0.15, -0.1) is 22.7 Å². The van der Waals surface area contributed by atoms with E-state index in [1.165, 1.54) is 61.8 Å². The highest BCUT2D eigenvalue weighted by atomic mass is 32.1. The first kappa shape index (κ1) is 39.2. The van der Waals surface area contributed by atoms with E-state index in [0.717, 1.165) is 56.3 Å². The van der Waals surface area contributed by atoms with E-state index in [1.807, 2.05) is 19.1 Å². The van der Waals surface area contributed by atoms with Crippen LogP contribution >= 0.6 is 22.7 Å². The molecule has 2 unspecified atom stereocenters. The van der Waals surface area contributed by atoms with Crippen LogP contribution in [0.15, 0.2) is 133 Å². The molecule has 10 rings (SSSR count). The van der Waals surface area contributed by atoms with Crippen molar-refractivity contribution in [2.45, 2.75) is 45.1 Å². The summed E-state index contributed by atoms with van der Waals surface area (Å²) in [7, 11) is 0. The SMILES string of the molecule is Cc1cc(-c2sc(-c3ccc4c(c3)C3CCCC3N4c3ccc(C=C(c4ccccc4)c4ccccc4)cc3)cc2C)sc1C=C1C(=O)c2cc(C(=O)O)c(C(=O)O)cc2C1=O. The van der Waals surface area contributed by atoms with E-state index in [-0.39, 0.29) is 16.7 Å². The largest absolute Gasteiger partial charge is 0.478 e. The Morgan fingerprint density at radius 1 is 0.677 bits per heavy atom. The maximum Gasteiger partial charge on any atom is 0.336 e. The molecule has 1 aliphatic heterocycles. The van der Waals surface area contributed by atoms with Gasteiger partial charge < -0.3 is 15.1 Å². The molecule has 5 aromatic carbocycles. The summed E-state index contributed by atoms with van der Waals surface area (Å²) in [4.78, 5) is 57.0. The molecule has 0 spiro atoms. The topological polar surface area (TPSA) is 112 Å². The Bertz CT molecular complexity index is 2970. The number of allylic oxidation sites excluding steroid dienone is 1. The quantitative estimate of drug-likeness (QED) is 0.0845. The highest BCUT2D eigenvalue weighted by Gasteiger charge is 2.42. The highest BCUT2D eigenvalue weighted by molar-refractivity contribution is 7.24. The van der Waals surface area contributed by atoms with E-state index in [9.17, 15) is 29.4 Å². The molecule has 0 saturated heterocycles. The Balaban J connectivity index is 0.926. The fourth-order valence-corrected chi connectivity index (χ4v) is 11.9. The zero-order valence-electron chi connectivity index (χ0n) is 33.8. The molecule has 1 saturated carbocycles. The fourth-order valence-electron chi connectivity index (χ4n) is 9.42. The number of rotatable bonds is 9. The number of ketones is 2. The molecule has 0 bridgehead atoms. The molecule has 62 heavy (non-hydrogen) atoms. The van der Waals surface area contributed by atoms with Crippen LogP contribution in [0.5, 0.6) is 0 Å². The number of nitrogens with zero attached hydrogens (tertiary/aromatic N) is 1. The molecule has 9 heteroatoms. The molecule has 7 aromatic rings. The maximum absolute atomic E-state index is 13.4. The van der Waals surface area contributed by atoms with Gasteiger partial charge in [-0.05, 0) is 132 Å². The van der Waals surface area contributed by atoms with Gasteiger partial charge in [-0.1, -0.05) is 85.3 Å². The van der Waals surface area contributed by atoms with Crippen LogP contribution in [0.4, 0.5) is 11.4 Å². The summed E-state index contributed by atoms with van der Waals surface area (Å²) >= 11 is 3.21. The molecule has 3 aliphatic rings. The van der Waals surface area contributed by atoms with Gasteiger partial charge in [0.15, 0.2) is 11.6 Å². The first-order valence-corrected chi connectivity index (χ1v) is 22.2. The second kappa shape index (κ2) is 15.5. The number of carbonyl (C=O) groups excluding carboxylic acids is 2. The third-order valence-corrected chi connectivity index (χ3v) is 15.1. The van der Waals surface area contributed by atoms with Crippen molar-refractivity contribution in [3.8, 4) is 20.2 Å². The number of carboxylic acids is 2. The Hall–Kier alpha value is -6.94. The molecule has 2 N–H and O–H groups in total. The minimum absolute atomic E-state index is 0.0966. The Labute approximate surface area is 366 Å². The number of carbonyl (C=O) groups is 4. The lowest BCUT2D eigenvalue weighted by Crippen LogP contribution is -2.26. The molecule has 2 aromatic heterocycles. The molecule has 0 amide bonds. The summed E-state index contributed by atoms with van der Waals surface area (Å²) < 4.78 is 0. The maximum atomic E-state index is 13.4. The van der Waals surface area contributed by atoms with Crippen molar-refractivity contribution in [2.24, 2.45) is 0 Å². The fraction of sp³-hybridized carbons (Fsp3) is 0.132. The summed E-state index contributed by atoms with van der Waals surface area (Å²) in [6.07, 6.45) is 7.34. The van der Waals surface area contributed by atoms with Crippen molar-refractivity contribution in [3.63, 3.8) is 0 Å². The molecular weight excluding hydrogens is 811 g/mol. The van der Waals surface area contributed by atoms with E-state index in [4.69, 9.17) is 0 Å². The van der Waals surface area contributed by atoms with E-state index in [2.05, 4.69) is 121 Å². The first-order valence-electron chi connectivity index (χ1n) is 20.6. The van der Waals surface area contributed by atoms with Crippen LogP contribution < -0.4 is 4.90 Å². The van der Waals surface area contributed by atoms with Gasteiger partial charge in [0.1, 0.15) is 0 Å². The van der Waals surface area contributed by atoms with Crippen LogP contribution in [0.25, 0.3) is 37.9 Å². The lowest BCUT2D eigenvalue weighted by atomic mass is 9.95. The standard InChI is InChI=1S/C53H39NO6S2/c1-29-22-48(61-46(29)28-43-49(55)39-26-41(52(57)58)42(53(59)60)27-40(39)50(43)56)51-30(2)23-47(62-51)34-18-21-45-38(25-34)36-14-9-15-44(36)54(45)35-19-16-31(17-20-35)24-37(32-10-5-3-6-11-32)33-12-7-4-8-13-33/h3-8,10-13,16-28,36,44H,9,14-15H2,1-2H3,(H,57,58)(H,59,60). The van der Waals surface area contributed by atoms with E-state index in [0.29, 0.717) is 12.0 Å². The number of hydrogen-bond donors (Lipinski definition) is 2. The van der Waals surface area contributed by atoms with Gasteiger partial charge in [0.25, 0.3) is 0 Å². The van der Waals surface area contributed by atoms with Crippen LogP contribution in [-0.2, 0) is 0 Å². The molecule has 0 radical (unpaired) electrons. The number of thiophene rings is 2. The minimum atomic E-state index is -1.48. The molecule has 7 nitrogen and oxygen atoms in total. The van der Waals surface area contributed by atoms with E-state index < -0.39 is 34.6 Å². The van der Waals surface area contributed by atoms with Gasteiger partial charge in [-0.25, -0.2) is 9.59 Å². The average Bonchev–Trinajstić information content (AvgIpc) is 4.10. The summed E-state index contributed by atoms with van der Waals surface area (Å²) in [5.74, 6) is -3.73. The summed E-state index contributed by atoms with van der Waals surface area (Å²) in [6, 6.07) is 43.7. The lowest BCUT2D eigenvalue weighted by Gasteiger charge is -2.27. The average molecular weight is 850 g/mol. The molecular formula is C53H39NO6S2. The Morgan fingerprint density at radius 3 is 1.90 bits per heavy atom. The van der Waals surface area contributed by atoms with Gasteiger partial charge in [0.05, 0.1) is 16.7 Å². The third-order valence-electron chi connectivity index (χ3n) is 12.4. The Kier molecular flexibility index (Phi) is 9.81. The van der Waals surface area contributed by atoms with Gasteiger partial charge in [-0.2, -0.15) is 0 Å². The zero-order chi connectivity index (χ0) is 42.8. The number of Topliss-reactive ketones (excluding diaryl/α,β-unsaturated/α-hetero) is 2. The second-order valence-corrected chi connectivity index (χ2v) is 18.3. The van der Waals surface area contributed by atoms with Gasteiger partial charge in [0.2, 0.25) is 0 Å². The van der Waals surface area contributed by atoms with Crippen LogP contribution in [0.3, 0.4) is 0 Å². The van der Waals surface area contributed by atoms with E-state index >= 15 is 0 Å². The van der Waals surface area contributed by atoms with Crippen molar-refractivity contribution in [2.75, 3.05) is 4.90 Å². The third kappa shape index (κ3) is 6.74. The predicted molar refractivity (Wildman–Crippen MR) is 248 cm³/mol. The van der Waals surface area contributed by atoms with Crippen LogP contribution in [-0.4, -0.2) is 39.8 Å². The van der Waals surface area contributed by atoms with Gasteiger partial charge in [-0.3, -0.25) is 9.59 Å². The predicted octanol–water partition coefficient (Wildman–Crippen LogP) is 13.0. The molecule has 304 valence electrons. The number of benzene rings is 5. The van der Waals surface area contributed by atoms with Gasteiger partial charge in [0, 0.05) is 54.0 Å². The number of anilines is 2. The lowest BCUT2D eigenvalue weighted by molar-refractivity contribution is 0.0651. The number of hydrogen-bond acceptors (Lipinski definition) is 7. The summed E-state index contributed by atoms with van der Waals surface area (Å²) in [5.41, 5.74) is 10.4. The number of fused-ring (bicyclic) bond motifs is 4. The Morgan fingerprint density at radius 2 is 1.29 bits per heavy atom. The first-order chi connectivity index (χ1) is 30.0. The van der Waals surface area contributed by atoms with Crippen LogP contribution in [0, 0.1) is 13.8 Å².